The number of methoxy groups -OCH3 is 1. The summed E-state index contributed by atoms with van der Waals surface area (Å²) in [5, 5.41) is 18.2. The summed E-state index contributed by atoms with van der Waals surface area (Å²) in [6.07, 6.45) is 4.95. The number of para-hydroxylation sites is 1. The summed E-state index contributed by atoms with van der Waals surface area (Å²) in [7, 11) is 1.51. The number of hydrogen-bond acceptors (Lipinski definition) is 7. The van der Waals surface area contributed by atoms with Crippen LogP contribution in [0, 0.1) is 17.1 Å². The summed E-state index contributed by atoms with van der Waals surface area (Å²) >= 11 is 0. The van der Waals surface area contributed by atoms with E-state index in [9.17, 15) is 9.65 Å². The quantitative estimate of drug-likeness (QED) is 0.445. The van der Waals surface area contributed by atoms with E-state index in [1.54, 1.807) is 36.5 Å². The Balaban J connectivity index is 1.58. The van der Waals surface area contributed by atoms with E-state index in [1.165, 1.54) is 24.2 Å². The van der Waals surface area contributed by atoms with E-state index in [4.69, 9.17) is 10.5 Å². The van der Waals surface area contributed by atoms with Crippen molar-refractivity contribution in [2.75, 3.05) is 12.8 Å². The average molecular weight is 440 g/mol. The Kier molecular flexibility index (Phi) is 4.91. The third kappa shape index (κ3) is 3.51. The Hall–Kier alpha value is -4.78. The van der Waals surface area contributed by atoms with Gasteiger partial charge in [0, 0.05) is 11.8 Å². The molecule has 0 amide bonds. The van der Waals surface area contributed by atoms with Crippen LogP contribution in [0.3, 0.4) is 0 Å². The largest absolute Gasteiger partial charge is 0.495 e. The molecule has 2 N–H and O–H groups in total. The fraction of sp³-hybridized carbons (Fsp3) is 0.0870. The first-order valence-electron chi connectivity index (χ1n) is 9.93. The molecule has 0 aliphatic rings. The predicted octanol–water partition coefficient (Wildman–Crippen LogP) is 3.33. The first-order chi connectivity index (χ1) is 16.1. The van der Waals surface area contributed by atoms with Gasteiger partial charge in [-0.3, -0.25) is 0 Å². The SMILES string of the molecule is COc1cc(-c2cn(Cc3cn(-c4ccccc4F)nn3)c3ncnc(N)c23)ccc1C#N. The number of nitrogens with two attached hydrogens (primary N) is 1. The van der Waals surface area contributed by atoms with Crippen LogP contribution in [-0.2, 0) is 6.54 Å². The Bertz CT molecular complexity index is 1530. The van der Waals surface area contributed by atoms with Crippen LogP contribution in [0.2, 0.25) is 0 Å². The van der Waals surface area contributed by atoms with Crippen LogP contribution in [0.5, 0.6) is 5.75 Å². The molecule has 0 unspecified atom stereocenters. The third-order valence-electron chi connectivity index (χ3n) is 5.29. The van der Waals surface area contributed by atoms with E-state index in [0.29, 0.717) is 46.1 Å². The van der Waals surface area contributed by atoms with Crippen molar-refractivity contribution in [1.82, 2.24) is 29.5 Å². The molecule has 0 bridgehead atoms. The van der Waals surface area contributed by atoms with E-state index < -0.39 is 5.82 Å². The van der Waals surface area contributed by atoms with Crippen molar-refractivity contribution in [3.8, 4) is 28.6 Å². The van der Waals surface area contributed by atoms with Gasteiger partial charge in [0.25, 0.3) is 0 Å². The molecule has 33 heavy (non-hydrogen) atoms. The number of nitrogens with zero attached hydrogens (tertiary/aromatic N) is 7. The minimum atomic E-state index is -0.391. The van der Waals surface area contributed by atoms with Crippen LogP contribution in [-0.4, -0.2) is 36.6 Å². The molecule has 0 saturated carbocycles. The monoisotopic (exact) mass is 440 g/mol. The number of ether oxygens (including phenoxy) is 1. The molecular formula is C23H17FN8O. The smallest absolute Gasteiger partial charge is 0.148 e. The number of nitrogen functional groups attached to an aromatic ring is 1. The Labute approximate surface area is 187 Å². The number of anilines is 1. The van der Waals surface area contributed by atoms with Crippen LogP contribution < -0.4 is 10.5 Å². The second kappa shape index (κ2) is 8.05. The molecule has 0 atom stereocenters. The normalized spacial score (nSPS) is 10.9. The first kappa shape index (κ1) is 20.1. The highest BCUT2D eigenvalue weighted by molar-refractivity contribution is 6.00. The van der Waals surface area contributed by atoms with E-state index in [-0.39, 0.29) is 0 Å². The minimum absolute atomic E-state index is 0.311. The van der Waals surface area contributed by atoms with Crippen molar-refractivity contribution < 1.29 is 9.13 Å². The fourth-order valence-electron chi connectivity index (χ4n) is 3.74. The Morgan fingerprint density at radius 1 is 1.15 bits per heavy atom. The van der Waals surface area contributed by atoms with Crippen LogP contribution in [0.1, 0.15) is 11.3 Å². The molecule has 0 aliphatic heterocycles. The van der Waals surface area contributed by atoms with Crippen LogP contribution >= 0.6 is 0 Å². The van der Waals surface area contributed by atoms with E-state index in [2.05, 4.69) is 26.3 Å². The Morgan fingerprint density at radius 3 is 2.79 bits per heavy atom. The summed E-state index contributed by atoms with van der Waals surface area (Å²) in [4.78, 5) is 8.55. The fourth-order valence-corrected chi connectivity index (χ4v) is 3.74. The van der Waals surface area contributed by atoms with Gasteiger partial charge in [-0.15, -0.1) is 5.10 Å². The van der Waals surface area contributed by atoms with E-state index in [0.717, 1.165) is 11.1 Å². The number of benzene rings is 2. The maximum Gasteiger partial charge on any atom is 0.148 e. The van der Waals surface area contributed by atoms with Crippen molar-refractivity contribution in [2.24, 2.45) is 0 Å². The highest BCUT2D eigenvalue weighted by atomic mass is 19.1. The van der Waals surface area contributed by atoms with Crippen molar-refractivity contribution in [2.45, 2.75) is 6.54 Å². The zero-order chi connectivity index (χ0) is 22.9. The van der Waals surface area contributed by atoms with Gasteiger partial charge in [0.1, 0.15) is 46.8 Å². The van der Waals surface area contributed by atoms with Crippen LogP contribution in [0.15, 0.2) is 61.2 Å². The number of nitriles is 1. The molecule has 162 valence electrons. The molecule has 0 spiro atoms. The average Bonchev–Trinajstić information content (AvgIpc) is 3.45. The number of fused-ring (bicyclic) bond motifs is 1. The van der Waals surface area contributed by atoms with Crippen LogP contribution in [0.4, 0.5) is 10.2 Å². The molecule has 2 aromatic carbocycles. The van der Waals surface area contributed by atoms with Gasteiger partial charge in [0.05, 0.1) is 30.8 Å². The van der Waals surface area contributed by atoms with Crippen molar-refractivity contribution in [3.63, 3.8) is 0 Å². The second-order valence-electron chi connectivity index (χ2n) is 7.26. The lowest BCUT2D eigenvalue weighted by atomic mass is 10.0. The molecule has 3 heterocycles. The zero-order valence-electron chi connectivity index (χ0n) is 17.5. The molecule has 0 saturated heterocycles. The lowest BCUT2D eigenvalue weighted by Gasteiger charge is -2.06. The van der Waals surface area contributed by atoms with Gasteiger partial charge in [-0.25, -0.2) is 19.0 Å². The van der Waals surface area contributed by atoms with Crippen molar-refractivity contribution in [3.05, 3.63) is 78.3 Å². The van der Waals surface area contributed by atoms with Gasteiger partial charge in [0.15, 0.2) is 0 Å². The molecule has 5 aromatic rings. The summed E-state index contributed by atoms with van der Waals surface area (Å²) in [5.41, 5.74) is 9.74. The highest BCUT2D eigenvalue weighted by Gasteiger charge is 2.18. The zero-order valence-corrected chi connectivity index (χ0v) is 17.5. The van der Waals surface area contributed by atoms with Crippen molar-refractivity contribution >= 4 is 16.9 Å². The summed E-state index contributed by atoms with van der Waals surface area (Å²) < 4.78 is 22.7. The summed E-state index contributed by atoms with van der Waals surface area (Å²) in [6, 6.07) is 13.7. The van der Waals surface area contributed by atoms with Gasteiger partial charge in [0.2, 0.25) is 0 Å². The van der Waals surface area contributed by atoms with Crippen LogP contribution in [0.25, 0.3) is 27.8 Å². The molecule has 0 radical (unpaired) electrons. The maximum atomic E-state index is 14.1. The maximum absolute atomic E-state index is 14.1. The highest BCUT2D eigenvalue weighted by Crippen LogP contribution is 2.35. The molecule has 0 fully saturated rings. The summed E-state index contributed by atoms with van der Waals surface area (Å²) in [6.45, 7) is 0.328. The number of aromatic nitrogens is 6. The standard InChI is InChI=1S/C23H17FN8O/c1-33-20-8-14(6-7-15(20)9-25)17-12-31(23-21(17)22(26)27-13-28-23)10-16-11-32(30-29-16)19-5-3-2-4-18(19)24/h2-8,11-13H,10H2,1H3,(H2,26,27,28). The van der Waals surface area contributed by atoms with Crippen molar-refractivity contribution in [1.29, 1.82) is 5.26 Å². The number of halogens is 1. The predicted molar refractivity (Wildman–Crippen MR) is 119 cm³/mol. The van der Waals surface area contributed by atoms with Gasteiger partial charge in [-0.2, -0.15) is 5.26 Å². The number of rotatable bonds is 5. The number of hydrogen-bond donors (Lipinski definition) is 1. The second-order valence-corrected chi connectivity index (χ2v) is 7.26. The summed E-state index contributed by atoms with van der Waals surface area (Å²) in [5.74, 6) is 0.393. The first-order valence-corrected chi connectivity index (χ1v) is 9.93. The third-order valence-corrected chi connectivity index (χ3v) is 5.29. The van der Waals surface area contributed by atoms with Gasteiger partial charge in [-0.05, 0) is 29.8 Å². The Morgan fingerprint density at radius 2 is 2.00 bits per heavy atom. The molecule has 9 nitrogen and oxygen atoms in total. The molecule has 10 heteroatoms. The molecule has 0 aliphatic carbocycles. The molecule has 5 rings (SSSR count). The van der Waals surface area contributed by atoms with E-state index in [1.807, 2.05) is 16.8 Å². The topological polar surface area (TPSA) is 120 Å². The van der Waals surface area contributed by atoms with Gasteiger partial charge >= 0.3 is 0 Å². The molecule has 3 aromatic heterocycles. The molecular weight excluding hydrogens is 423 g/mol. The van der Waals surface area contributed by atoms with E-state index >= 15 is 0 Å². The minimum Gasteiger partial charge on any atom is -0.495 e. The van der Waals surface area contributed by atoms with Gasteiger partial charge in [-0.1, -0.05) is 23.4 Å². The lowest BCUT2D eigenvalue weighted by molar-refractivity contribution is 0.413. The van der Waals surface area contributed by atoms with Gasteiger partial charge < -0.3 is 15.0 Å². The lowest BCUT2D eigenvalue weighted by Crippen LogP contribution is -2.01.